The molecule has 27 heavy (non-hydrogen) atoms. The van der Waals surface area contributed by atoms with E-state index in [1.165, 1.54) is 0 Å². The Bertz CT molecular complexity index is 831. The van der Waals surface area contributed by atoms with Crippen molar-refractivity contribution in [2.24, 2.45) is 0 Å². The average Bonchev–Trinajstić information content (AvgIpc) is 3.03. The Labute approximate surface area is 168 Å². The molecule has 0 N–H and O–H groups in total. The summed E-state index contributed by atoms with van der Waals surface area (Å²) in [5.41, 5.74) is 1.93. The molecule has 0 bridgehead atoms. The minimum Gasteiger partial charge on any atom is -0.493 e. The van der Waals surface area contributed by atoms with Crippen molar-refractivity contribution in [3.8, 4) is 17.2 Å². The number of likely N-dealkylation sites (tertiary alicyclic amines) is 1. The predicted molar refractivity (Wildman–Crippen MR) is 105 cm³/mol. The molecule has 1 heterocycles. The van der Waals surface area contributed by atoms with E-state index < -0.39 is 0 Å². The summed E-state index contributed by atoms with van der Waals surface area (Å²) in [5, 5.41) is 1.02. The van der Waals surface area contributed by atoms with E-state index >= 15 is 0 Å². The topological polar surface area (TPSA) is 48.0 Å². The summed E-state index contributed by atoms with van der Waals surface area (Å²) >= 11 is 12.1. The molecule has 1 atom stereocenters. The van der Waals surface area contributed by atoms with Gasteiger partial charge in [-0.25, -0.2) is 0 Å². The molecule has 0 aromatic heterocycles. The number of hydrogen-bond donors (Lipinski definition) is 0. The Morgan fingerprint density at radius 1 is 1.00 bits per heavy atom. The fraction of sp³-hybridized carbons (Fsp3) is 0.350. The van der Waals surface area contributed by atoms with Crippen molar-refractivity contribution < 1.29 is 19.0 Å². The molecule has 0 aliphatic carbocycles. The van der Waals surface area contributed by atoms with E-state index in [-0.39, 0.29) is 11.8 Å². The van der Waals surface area contributed by atoms with Gasteiger partial charge in [0.15, 0.2) is 11.5 Å². The maximum Gasteiger partial charge on any atom is 0.223 e. The second-order valence-corrected chi connectivity index (χ2v) is 7.20. The van der Waals surface area contributed by atoms with Crippen LogP contribution in [0.25, 0.3) is 0 Å². The number of rotatable bonds is 6. The van der Waals surface area contributed by atoms with E-state index in [9.17, 15) is 4.79 Å². The molecule has 5 nitrogen and oxygen atoms in total. The molecule has 3 rings (SSSR count). The lowest BCUT2D eigenvalue weighted by Gasteiger charge is -2.19. The van der Waals surface area contributed by atoms with Crippen LogP contribution in [0.5, 0.6) is 17.2 Å². The van der Waals surface area contributed by atoms with E-state index in [1.807, 2.05) is 29.2 Å². The SMILES string of the molecule is COc1cc(CN2CC(c3ccc(Cl)c(Cl)c3)CC2=O)cc(OC)c1OC. The minimum absolute atomic E-state index is 0.0920. The number of halogens is 2. The first kappa shape index (κ1) is 19.6. The number of hydrogen-bond acceptors (Lipinski definition) is 4. The largest absolute Gasteiger partial charge is 0.493 e. The molecule has 0 saturated carbocycles. The van der Waals surface area contributed by atoms with Crippen LogP contribution < -0.4 is 14.2 Å². The minimum atomic E-state index is 0.0920. The molecule has 1 fully saturated rings. The van der Waals surface area contributed by atoms with Crippen molar-refractivity contribution >= 4 is 29.1 Å². The van der Waals surface area contributed by atoms with Gasteiger partial charge in [0.1, 0.15) is 0 Å². The summed E-state index contributed by atoms with van der Waals surface area (Å²) in [6, 6.07) is 9.26. The molecule has 1 aliphatic rings. The Kier molecular flexibility index (Phi) is 6.02. The first-order valence-electron chi connectivity index (χ1n) is 8.48. The van der Waals surface area contributed by atoms with Gasteiger partial charge in [0.25, 0.3) is 0 Å². The van der Waals surface area contributed by atoms with Gasteiger partial charge in [-0.05, 0) is 35.4 Å². The van der Waals surface area contributed by atoms with Gasteiger partial charge in [0, 0.05) is 25.4 Å². The molecule has 1 amide bonds. The van der Waals surface area contributed by atoms with E-state index in [1.54, 1.807) is 27.4 Å². The predicted octanol–water partition coefficient (Wildman–Crippen LogP) is 4.54. The summed E-state index contributed by atoms with van der Waals surface area (Å²) in [7, 11) is 4.71. The normalized spacial score (nSPS) is 16.6. The zero-order valence-electron chi connectivity index (χ0n) is 15.4. The molecular formula is C20H21Cl2NO4. The summed E-state index contributed by atoms with van der Waals surface area (Å²) in [4.78, 5) is 14.4. The van der Waals surface area contributed by atoms with Crippen LogP contribution in [0.3, 0.4) is 0 Å². The Hall–Kier alpha value is -2.11. The smallest absolute Gasteiger partial charge is 0.223 e. The second-order valence-electron chi connectivity index (χ2n) is 6.38. The van der Waals surface area contributed by atoms with Crippen molar-refractivity contribution in [3.63, 3.8) is 0 Å². The van der Waals surface area contributed by atoms with Crippen LogP contribution in [-0.4, -0.2) is 38.7 Å². The number of carbonyl (C=O) groups is 1. The Morgan fingerprint density at radius 2 is 1.67 bits per heavy atom. The molecule has 1 unspecified atom stereocenters. The highest BCUT2D eigenvalue weighted by Crippen LogP contribution is 2.39. The molecule has 144 valence electrons. The molecule has 1 saturated heterocycles. The van der Waals surface area contributed by atoms with Gasteiger partial charge in [0.2, 0.25) is 11.7 Å². The lowest BCUT2D eigenvalue weighted by atomic mass is 9.98. The molecule has 2 aromatic rings. The van der Waals surface area contributed by atoms with Crippen molar-refractivity contribution in [3.05, 3.63) is 51.5 Å². The zero-order chi connectivity index (χ0) is 19.6. The molecule has 7 heteroatoms. The van der Waals surface area contributed by atoms with E-state index in [4.69, 9.17) is 37.4 Å². The molecule has 0 radical (unpaired) electrons. The molecular weight excluding hydrogens is 389 g/mol. The standard InChI is InChI=1S/C20H21Cl2NO4/c1-25-17-6-12(7-18(26-2)20(17)27-3)10-23-11-14(9-19(23)24)13-4-5-15(21)16(22)8-13/h4-8,14H,9-11H2,1-3H3. The van der Waals surface area contributed by atoms with Gasteiger partial charge < -0.3 is 19.1 Å². The van der Waals surface area contributed by atoms with Gasteiger partial charge in [-0.1, -0.05) is 29.3 Å². The quantitative estimate of drug-likeness (QED) is 0.702. The monoisotopic (exact) mass is 409 g/mol. The van der Waals surface area contributed by atoms with E-state index in [0.717, 1.165) is 11.1 Å². The first-order chi connectivity index (χ1) is 13.0. The average molecular weight is 410 g/mol. The second kappa shape index (κ2) is 8.28. The van der Waals surface area contributed by atoms with Crippen LogP contribution in [0, 0.1) is 0 Å². The zero-order valence-corrected chi connectivity index (χ0v) is 16.9. The summed E-state index contributed by atoms with van der Waals surface area (Å²) in [5.74, 6) is 1.86. The summed E-state index contributed by atoms with van der Waals surface area (Å²) in [6.45, 7) is 1.08. The fourth-order valence-electron chi connectivity index (χ4n) is 3.36. The van der Waals surface area contributed by atoms with Crippen molar-refractivity contribution in [2.45, 2.75) is 18.9 Å². The maximum absolute atomic E-state index is 12.5. The summed E-state index contributed by atoms with van der Waals surface area (Å²) in [6.07, 6.45) is 0.447. The Balaban J connectivity index is 1.80. The highest BCUT2D eigenvalue weighted by atomic mass is 35.5. The van der Waals surface area contributed by atoms with Gasteiger partial charge in [0.05, 0.1) is 31.4 Å². The van der Waals surface area contributed by atoms with E-state index in [2.05, 4.69) is 0 Å². The number of ether oxygens (including phenoxy) is 3. The van der Waals surface area contributed by atoms with Crippen LogP contribution in [-0.2, 0) is 11.3 Å². The maximum atomic E-state index is 12.5. The van der Waals surface area contributed by atoms with Gasteiger partial charge in [-0.2, -0.15) is 0 Å². The summed E-state index contributed by atoms with van der Waals surface area (Å²) < 4.78 is 16.1. The molecule has 2 aromatic carbocycles. The van der Waals surface area contributed by atoms with Crippen molar-refractivity contribution in [1.82, 2.24) is 4.90 Å². The van der Waals surface area contributed by atoms with Gasteiger partial charge in [-0.3, -0.25) is 4.79 Å². The van der Waals surface area contributed by atoms with Crippen molar-refractivity contribution in [1.29, 1.82) is 0 Å². The number of nitrogens with zero attached hydrogens (tertiary/aromatic N) is 1. The van der Waals surface area contributed by atoms with Crippen LogP contribution in [0.4, 0.5) is 0 Å². The van der Waals surface area contributed by atoms with E-state index in [0.29, 0.717) is 46.8 Å². The van der Waals surface area contributed by atoms with Crippen LogP contribution in [0.1, 0.15) is 23.5 Å². The van der Waals surface area contributed by atoms with Crippen LogP contribution >= 0.6 is 23.2 Å². The van der Waals surface area contributed by atoms with Crippen molar-refractivity contribution in [2.75, 3.05) is 27.9 Å². The third-order valence-corrected chi connectivity index (χ3v) is 5.47. The third-order valence-electron chi connectivity index (χ3n) is 4.73. The number of carbonyl (C=O) groups excluding carboxylic acids is 1. The third kappa shape index (κ3) is 4.09. The number of methoxy groups -OCH3 is 3. The van der Waals surface area contributed by atoms with Gasteiger partial charge in [-0.15, -0.1) is 0 Å². The first-order valence-corrected chi connectivity index (χ1v) is 9.24. The number of amides is 1. The molecule has 0 spiro atoms. The lowest BCUT2D eigenvalue weighted by Crippen LogP contribution is -2.24. The van der Waals surface area contributed by atoms with Crippen LogP contribution in [0.2, 0.25) is 10.0 Å². The fourth-order valence-corrected chi connectivity index (χ4v) is 3.67. The Morgan fingerprint density at radius 3 is 2.22 bits per heavy atom. The van der Waals surface area contributed by atoms with Gasteiger partial charge >= 0.3 is 0 Å². The highest BCUT2D eigenvalue weighted by Gasteiger charge is 2.31. The highest BCUT2D eigenvalue weighted by molar-refractivity contribution is 6.42. The lowest BCUT2D eigenvalue weighted by molar-refractivity contribution is -0.128. The molecule has 1 aliphatic heterocycles. The number of benzene rings is 2. The van der Waals surface area contributed by atoms with Crippen LogP contribution in [0.15, 0.2) is 30.3 Å².